The second-order valence-corrected chi connectivity index (χ2v) is 11.5. The summed E-state index contributed by atoms with van der Waals surface area (Å²) in [5.41, 5.74) is 2.01. The maximum absolute atomic E-state index is 13.5. The van der Waals surface area contributed by atoms with Crippen molar-refractivity contribution in [1.29, 1.82) is 5.26 Å². The van der Waals surface area contributed by atoms with Crippen molar-refractivity contribution in [1.82, 2.24) is 25.2 Å². The lowest BCUT2D eigenvalue weighted by Crippen LogP contribution is -2.52. The molecule has 8 nitrogen and oxygen atoms in total. The summed E-state index contributed by atoms with van der Waals surface area (Å²) in [6.07, 6.45) is -4.77. The predicted octanol–water partition coefficient (Wildman–Crippen LogP) is 3.98. The fourth-order valence-electron chi connectivity index (χ4n) is 4.10. The van der Waals surface area contributed by atoms with Crippen molar-refractivity contribution >= 4 is 11.7 Å². The number of nitrogens with zero attached hydrogens (tertiary/aromatic N) is 6. The molecule has 1 aliphatic rings. The number of rotatable bonds is 7. The molecule has 0 aliphatic carbocycles. The van der Waals surface area contributed by atoms with Gasteiger partial charge in [0.15, 0.2) is 11.5 Å². The van der Waals surface area contributed by atoms with E-state index in [0.717, 1.165) is 49.9 Å². The zero-order chi connectivity index (χ0) is 28.3. The molecule has 1 aromatic carbocycles. The first-order chi connectivity index (χ1) is 17.6. The van der Waals surface area contributed by atoms with Crippen molar-refractivity contribution < 1.29 is 18.0 Å². The predicted molar refractivity (Wildman–Crippen MR) is 139 cm³/mol. The number of alkyl halides is 3. The van der Waals surface area contributed by atoms with E-state index < -0.39 is 34.4 Å². The first kappa shape index (κ1) is 29.3. The highest BCUT2D eigenvalue weighted by Crippen LogP contribution is 2.31. The number of carbonyl (C=O) groups excluding carboxylic acids is 1. The number of aromatic nitrogens is 2. The van der Waals surface area contributed by atoms with Gasteiger partial charge in [-0.3, -0.25) is 20.1 Å². The van der Waals surface area contributed by atoms with Gasteiger partial charge < -0.3 is 4.90 Å². The molecule has 1 N–H and O–H groups in total. The largest absolute Gasteiger partial charge is 0.433 e. The molecule has 2 heterocycles. The monoisotopic (exact) mass is 531 g/mol. The average Bonchev–Trinajstić information content (AvgIpc) is 2.83. The summed E-state index contributed by atoms with van der Waals surface area (Å²) in [5, 5.41) is 10.5. The third-order valence-corrected chi connectivity index (χ3v) is 6.49. The van der Waals surface area contributed by atoms with Gasteiger partial charge in [-0.05, 0) is 37.4 Å². The Morgan fingerprint density at radius 1 is 1.05 bits per heavy atom. The summed E-state index contributed by atoms with van der Waals surface area (Å²) in [5.74, 6) is -1.25. The molecular formula is C27H36F3N7O. The molecule has 11 heteroatoms. The normalized spacial score (nSPS) is 15.7. The van der Waals surface area contributed by atoms with Gasteiger partial charge in [0.2, 0.25) is 11.7 Å². The van der Waals surface area contributed by atoms with E-state index in [2.05, 4.69) is 32.2 Å². The maximum Gasteiger partial charge on any atom is 0.433 e. The highest BCUT2D eigenvalue weighted by Gasteiger charge is 2.36. The number of hydrogen-bond donors (Lipinski definition) is 1. The Morgan fingerprint density at radius 2 is 1.66 bits per heavy atom. The van der Waals surface area contributed by atoms with Crippen LogP contribution in [0.1, 0.15) is 57.3 Å². The summed E-state index contributed by atoms with van der Waals surface area (Å²) in [6, 6.07) is 10.2. The number of nitrogens with one attached hydrogen (secondary N) is 1. The third-order valence-electron chi connectivity index (χ3n) is 6.49. The van der Waals surface area contributed by atoms with Crippen molar-refractivity contribution in [3.05, 3.63) is 53.0 Å². The Balaban J connectivity index is 1.82. The van der Waals surface area contributed by atoms with E-state index in [1.54, 1.807) is 19.9 Å². The molecule has 0 radical (unpaired) electrons. The van der Waals surface area contributed by atoms with Crippen LogP contribution in [0.15, 0.2) is 30.3 Å². The molecule has 1 aromatic heterocycles. The van der Waals surface area contributed by atoms with Gasteiger partial charge in [0.05, 0.1) is 5.41 Å². The van der Waals surface area contributed by atoms with E-state index in [-0.39, 0.29) is 12.4 Å². The van der Waals surface area contributed by atoms with E-state index in [1.165, 1.54) is 5.01 Å². The molecule has 38 heavy (non-hydrogen) atoms. The molecule has 0 unspecified atom stereocenters. The van der Waals surface area contributed by atoms with Crippen LogP contribution in [0.3, 0.4) is 0 Å². The van der Waals surface area contributed by atoms with Crippen LogP contribution in [0.4, 0.5) is 19.0 Å². The lowest BCUT2D eigenvalue weighted by molar-refractivity contribution is -0.141. The van der Waals surface area contributed by atoms with E-state index in [0.29, 0.717) is 0 Å². The quantitative estimate of drug-likeness (QED) is 0.541. The molecule has 1 amide bonds. The number of anilines is 1. The Morgan fingerprint density at radius 3 is 2.18 bits per heavy atom. The van der Waals surface area contributed by atoms with E-state index >= 15 is 0 Å². The van der Waals surface area contributed by atoms with Crippen LogP contribution in [0.2, 0.25) is 0 Å². The van der Waals surface area contributed by atoms with Crippen LogP contribution >= 0.6 is 0 Å². The lowest BCUT2D eigenvalue weighted by Gasteiger charge is -2.34. The smallest absolute Gasteiger partial charge is 0.304 e. The van der Waals surface area contributed by atoms with Gasteiger partial charge in [-0.2, -0.15) is 23.4 Å². The number of amides is 1. The van der Waals surface area contributed by atoms with Gasteiger partial charge in [-0.15, -0.1) is 0 Å². The first-order valence-corrected chi connectivity index (χ1v) is 12.5. The van der Waals surface area contributed by atoms with Crippen LogP contribution in [0, 0.1) is 16.7 Å². The number of nitriles is 1. The van der Waals surface area contributed by atoms with Crippen molar-refractivity contribution in [2.45, 2.75) is 52.8 Å². The summed E-state index contributed by atoms with van der Waals surface area (Å²) < 4.78 is 40.3. The molecule has 206 valence electrons. The molecule has 0 atom stereocenters. The Labute approximate surface area is 222 Å². The molecule has 3 rings (SSSR count). The number of likely N-dealkylation sites (N-methyl/N-ethyl adjacent to an activating group) is 1. The minimum atomic E-state index is -4.77. The molecular weight excluding hydrogens is 495 g/mol. The van der Waals surface area contributed by atoms with Gasteiger partial charge in [0.25, 0.3) is 0 Å². The number of hydrogen-bond acceptors (Lipinski definition) is 7. The van der Waals surface area contributed by atoms with Crippen molar-refractivity contribution in [3.8, 4) is 6.07 Å². The molecule has 1 aliphatic heterocycles. The lowest BCUT2D eigenvalue weighted by atomic mass is 9.83. The Bertz CT molecular complexity index is 1160. The highest BCUT2D eigenvalue weighted by molar-refractivity contribution is 5.88. The van der Waals surface area contributed by atoms with Crippen LogP contribution < -0.4 is 10.4 Å². The minimum absolute atomic E-state index is 0.151. The fourth-order valence-corrected chi connectivity index (χ4v) is 4.10. The van der Waals surface area contributed by atoms with Crippen LogP contribution in [0.25, 0.3) is 0 Å². The molecule has 1 saturated heterocycles. The minimum Gasteiger partial charge on any atom is -0.304 e. The van der Waals surface area contributed by atoms with E-state index in [4.69, 9.17) is 0 Å². The van der Waals surface area contributed by atoms with Crippen LogP contribution in [-0.2, 0) is 22.9 Å². The number of benzene rings is 1. The van der Waals surface area contributed by atoms with Gasteiger partial charge in [-0.25, -0.2) is 4.98 Å². The number of piperazine rings is 1. The molecule has 0 spiro atoms. The number of halogens is 3. The molecule has 1 fully saturated rings. The third kappa shape index (κ3) is 7.65. The summed E-state index contributed by atoms with van der Waals surface area (Å²) in [4.78, 5) is 25.5. The number of hydrazine groups is 1. The maximum atomic E-state index is 13.5. The SMILES string of the molecule is CN1CCN(Cc2ccc(C(C)(C)C(=O)NN(CC(C)(C)C)c3cc(C(F)(F)F)nc(C#N)n3)cc2)CC1. The number of carbonyl (C=O) groups is 1. The first-order valence-electron chi connectivity index (χ1n) is 12.5. The Hall–Kier alpha value is -3.23. The van der Waals surface area contributed by atoms with Crippen molar-refractivity contribution in [2.24, 2.45) is 5.41 Å². The zero-order valence-corrected chi connectivity index (χ0v) is 22.9. The summed E-state index contributed by atoms with van der Waals surface area (Å²) in [7, 11) is 2.12. The standard InChI is InChI=1S/C27H36F3N7O/c1-25(2,3)18-37(23-15-21(27(28,29)30)32-22(16-31)33-23)34-24(38)26(4,5)20-9-7-19(8-10-20)17-36-13-11-35(6)12-14-36/h7-10,15H,11-14,17-18H2,1-6H3,(H,34,38). The van der Waals surface area contributed by atoms with E-state index in [9.17, 15) is 23.2 Å². The second kappa shape index (κ2) is 11.3. The topological polar surface area (TPSA) is 88.4 Å². The fraction of sp³-hybridized carbons (Fsp3) is 0.556. The van der Waals surface area contributed by atoms with Gasteiger partial charge in [-0.1, -0.05) is 45.0 Å². The van der Waals surface area contributed by atoms with Gasteiger partial charge in [0, 0.05) is 45.3 Å². The molecule has 0 saturated carbocycles. The van der Waals surface area contributed by atoms with Crippen molar-refractivity contribution in [3.63, 3.8) is 0 Å². The van der Waals surface area contributed by atoms with E-state index in [1.807, 2.05) is 45.0 Å². The molecule has 2 aromatic rings. The average molecular weight is 532 g/mol. The van der Waals surface area contributed by atoms with Crippen LogP contribution in [-0.4, -0.2) is 65.4 Å². The van der Waals surface area contributed by atoms with Crippen molar-refractivity contribution in [2.75, 3.05) is 44.8 Å². The highest BCUT2D eigenvalue weighted by atomic mass is 19.4. The van der Waals surface area contributed by atoms with Gasteiger partial charge >= 0.3 is 6.18 Å². The summed E-state index contributed by atoms with van der Waals surface area (Å²) in [6.45, 7) is 14.2. The Kier molecular flexibility index (Phi) is 8.68. The summed E-state index contributed by atoms with van der Waals surface area (Å²) >= 11 is 0. The van der Waals surface area contributed by atoms with Gasteiger partial charge in [0.1, 0.15) is 6.07 Å². The molecule has 0 bridgehead atoms. The second-order valence-electron chi connectivity index (χ2n) is 11.5. The zero-order valence-electron chi connectivity index (χ0n) is 22.9. The van der Waals surface area contributed by atoms with Crippen LogP contribution in [0.5, 0.6) is 0 Å².